The summed E-state index contributed by atoms with van der Waals surface area (Å²) in [4.78, 5) is 17.5. The van der Waals surface area contributed by atoms with Crippen molar-refractivity contribution in [2.75, 3.05) is 7.11 Å². The van der Waals surface area contributed by atoms with Crippen LogP contribution < -0.4 is 15.0 Å². The van der Waals surface area contributed by atoms with Gasteiger partial charge in [-0.1, -0.05) is 11.8 Å². The lowest BCUT2D eigenvalue weighted by atomic mass is 10.3. The number of ether oxygens (including phenoxy) is 2. The number of benzene rings is 1. The van der Waals surface area contributed by atoms with Crippen molar-refractivity contribution in [1.82, 2.24) is 24.1 Å². The van der Waals surface area contributed by atoms with E-state index in [2.05, 4.69) is 15.2 Å². The molecule has 168 valence electrons. The molecule has 0 unspecified atom stereocenters. The summed E-state index contributed by atoms with van der Waals surface area (Å²) < 4.78 is 20.1. The Kier molecular flexibility index (Phi) is 6.13. The Labute approximate surface area is 196 Å². The van der Waals surface area contributed by atoms with E-state index in [9.17, 15) is 4.79 Å². The molecular weight excluding hydrogens is 462 g/mol. The Balaban J connectivity index is 1.35. The fourth-order valence-electron chi connectivity index (χ4n) is 3.17. The SMILES string of the molecule is COc1ccc(OCc2nnc(SCc3cc(=O)n4ccsc4n3)n2Cc2ccco2)cc1. The molecule has 0 radical (unpaired) electrons. The van der Waals surface area contributed by atoms with E-state index in [1.54, 1.807) is 25.6 Å². The van der Waals surface area contributed by atoms with Gasteiger partial charge in [0.1, 0.15) is 23.9 Å². The lowest BCUT2D eigenvalue weighted by molar-refractivity contribution is 0.287. The molecule has 0 fully saturated rings. The molecule has 9 nitrogen and oxygen atoms in total. The normalized spacial score (nSPS) is 11.2. The van der Waals surface area contributed by atoms with Gasteiger partial charge >= 0.3 is 0 Å². The molecule has 0 saturated carbocycles. The lowest BCUT2D eigenvalue weighted by Gasteiger charge is -2.10. The summed E-state index contributed by atoms with van der Waals surface area (Å²) in [5, 5.41) is 11.2. The molecule has 5 rings (SSSR count). The second kappa shape index (κ2) is 9.51. The van der Waals surface area contributed by atoms with Crippen LogP contribution in [0.2, 0.25) is 0 Å². The van der Waals surface area contributed by atoms with Gasteiger partial charge in [0.05, 0.1) is 25.6 Å². The minimum Gasteiger partial charge on any atom is -0.497 e. The Hall–Kier alpha value is -3.57. The predicted octanol–water partition coefficient (Wildman–Crippen LogP) is 3.87. The van der Waals surface area contributed by atoms with Gasteiger partial charge in [-0.05, 0) is 36.4 Å². The molecule has 0 aliphatic heterocycles. The minimum atomic E-state index is -0.0949. The van der Waals surface area contributed by atoms with Crippen LogP contribution in [0.1, 0.15) is 17.3 Å². The number of nitrogens with zero attached hydrogens (tertiary/aromatic N) is 5. The average molecular weight is 482 g/mol. The van der Waals surface area contributed by atoms with Crippen molar-refractivity contribution in [2.24, 2.45) is 0 Å². The van der Waals surface area contributed by atoms with Gasteiger partial charge in [-0.2, -0.15) is 0 Å². The maximum atomic E-state index is 12.3. The number of thiazole rings is 1. The maximum Gasteiger partial charge on any atom is 0.258 e. The molecule has 0 saturated heterocycles. The van der Waals surface area contributed by atoms with Gasteiger partial charge in [0.2, 0.25) is 0 Å². The summed E-state index contributed by atoms with van der Waals surface area (Å²) in [6.07, 6.45) is 3.36. The van der Waals surface area contributed by atoms with Gasteiger partial charge in [-0.25, -0.2) is 4.98 Å². The van der Waals surface area contributed by atoms with Crippen molar-refractivity contribution in [2.45, 2.75) is 24.1 Å². The van der Waals surface area contributed by atoms with E-state index >= 15 is 0 Å². The van der Waals surface area contributed by atoms with Crippen molar-refractivity contribution >= 4 is 28.1 Å². The van der Waals surface area contributed by atoms with Gasteiger partial charge in [-0.3, -0.25) is 13.8 Å². The molecule has 0 atom stereocenters. The van der Waals surface area contributed by atoms with Gasteiger partial charge in [0, 0.05) is 23.4 Å². The Morgan fingerprint density at radius 2 is 2.00 bits per heavy atom. The summed E-state index contributed by atoms with van der Waals surface area (Å²) in [7, 11) is 1.62. The zero-order valence-electron chi connectivity index (χ0n) is 17.6. The van der Waals surface area contributed by atoms with Gasteiger partial charge < -0.3 is 13.9 Å². The third kappa shape index (κ3) is 4.78. The molecule has 1 aromatic carbocycles. The number of rotatable bonds is 9. The first-order valence-electron chi connectivity index (χ1n) is 9.99. The fourth-order valence-corrected chi connectivity index (χ4v) is 4.76. The molecule has 0 N–H and O–H groups in total. The molecule has 0 amide bonds. The van der Waals surface area contributed by atoms with Crippen molar-refractivity contribution in [1.29, 1.82) is 0 Å². The van der Waals surface area contributed by atoms with E-state index < -0.39 is 0 Å². The second-order valence-corrected chi connectivity index (χ2v) is 8.77. The summed E-state index contributed by atoms with van der Waals surface area (Å²) in [5.74, 6) is 3.38. The molecule has 11 heteroatoms. The number of thioether (sulfide) groups is 1. The van der Waals surface area contributed by atoms with E-state index in [4.69, 9.17) is 13.9 Å². The number of fused-ring (bicyclic) bond motifs is 1. The number of hydrogen-bond acceptors (Lipinski definition) is 9. The van der Waals surface area contributed by atoms with Crippen LogP contribution in [0.5, 0.6) is 11.5 Å². The van der Waals surface area contributed by atoms with Gasteiger partial charge in [0.25, 0.3) is 5.56 Å². The van der Waals surface area contributed by atoms with Gasteiger partial charge in [-0.15, -0.1) is 21.5 Å². The zero-order valence-corrected chi connectivity index (χ0v) is 19.2. The standard InChI is InChI=1S/C22H19N5O4S2/c1-29-16-4-6-17(7-5-16)31-13-19-24-25-22(27(19)12-18-3-2-9-30-18)33-14-15-11-20(28)26-8-10-32-21(26)23-15/h2-11H,12-14H2,1H3. The smallest absolute Gasteiger partial charge is 0.258 e. The third-order valence-electron chi connectivity index (χ3n) is 4.82. The Morgan fingerprint density at radius 1 is 1.15 bits per heavy atom. The van der Waals surface area contributed by atoms with E-state index in [0.29, 0.717) is 39.7 Å². The second-order valence-electron chi connectivity index (χ2n) is 6.96. The minimum absolute atomic E-state index is 0.0949. The van der Waals surface area contributed by atoms with Crippen molar-refractivity contribution < 1.29 is 13.9 Å². The van der Waals surface area contributed by atoms with E-state index in [-0.39, 0.29) is 12.2 Å². The monoisotopic (exact) mass is 481 g/mol. The van der Waals surface area contributed by atoms with Crippen LogP contribution in [0.4, 0.5) is 0 Å². The van der Waals surface area contributed by atoms with Crippen LogP contribution in [0.3, 0.4) is 0 Å². The number of aromatic nitrogens is 5. The molecule has 4 heterocycles. The summed E-state index contributed by atoms with van der Waals surface area (Å²) in [6, 6.07) is 12.6. The molecule has 0 spiro atoms. The summed E-state index contributed by atoms with van der Waals surface area (Å²) >= 11 is 2.89. The van der Waals surface area contributed by atoms with Gasteiger partial charge in [0.15, 0.2) is 15.9 Å². The first-order valence-corrected chi connectivity index (χ1v) is 11.9. The maximum absolute atomic E-state index is 12.3. The van der Waals surface area contributed by atoms with Crippen molar-refractivity contribution in [3.8, 4) is 11.5 Å². The van der Waals surface area contributed by atoms with E-state index in [0.717, 1.165) is 11.5 Å². The highest BCUT2D eigenvalue weighted by molar-refractivity contribution is 7.98. The molecule has 33 heavy (non-hydrogen) atoms. The molecule has 4 aromatic heterocycles. The molecule has 0 aliphatic rings. The highest BCUT2D eigenvalue weighted by atomic mass is 32.2. The highest BCUT2D eigenvalue weighted by Gasteiger charge is 2.16. The van der Waals surface area contributed by atoms with Crippen LogP contribution in [0, 0.1) is 0 Å². The van der Waals surface area contributed by atoms with Crippen molar-refractivity contribution in [3.63, 3.8) is 0 Å². The Morgan fingerprint density at radius 3 is 2.79 bits per heavy atom. The first-order chi connectivity index (χ1) is 16.2. The van der Waals surface area contributed by atoms with Crippen LogP contribution in [0.25, 0.3) is 4.96 Å². The average Bonchev–Trinajstić information content (AvgIpc) is 3.59. The van der Waals surface area contributed by atoms with Crippen LogP contribution in [0.15, 0.2) is 74.7 Å². The zero-order chi connectivity index (χ0) is 22.6. The molecule has 5 aromatic rings. The van der Waals surface area contributed by atoms with E-state index in [1.165, 1.54) is 27.5 Å². The molecule has 0 aliphatic carbocycles. The van der Waals surface area contributed by atoms with Crippen LogP contribution >= 0.6 is 23.1 Å². The summed E-state index contributed by atoms with van der Waals surface area (Å²) in [5.41, 5.74) is 0.596. The summed E-state index contributed by atoms with van der Waals surface area (Å²) in [6.45, 7) is 0.699. The fraction of sp³-hybridized carbons (Fsp3) is 0.182. The largest absolute Gasteiger partial charge is 0.497 e. The predicted molar refractivity (Wildman–Crippen MR) is 124 cm³/mol. The molecule has 0 bridgehead atoms. The molecular formula is C22H19N5O4S2. The number of methoxy groups -OCH3 is 1. The third-order valence-corrected chi connectivity index (χ3v) is 6.58. The highest BCUT2D eigenvalue weighted by Crippen LogP contribution is 2.24. The van der Waals surface area contributed by atoms with Crippen molar-refractivity contribution in [3.05, 3.63) is 87.9 Å². The lowest BCUT2D eigenvalue weighted by Crippen LogP contribution is -2.13. The quantitative estimate of drug-likeness (QED) is 0.293. The number of furan rings is 1. The van der Waals surface area contributed by atoms with E-state index in [1.807, 2.05) is 46.3 Å². The Bertz CT molecular complexity index is 1410. The van der Waals surface area contributed by atoms with Crippen LogP contribution in [-0.4, -0.2) is 31.3 Å². The first kappa shape index (κ1) is 21.3. The van der Waals surface area contributed by atoms with Crippen LogP contribution in [-0.2, 0) is 18.9 Å². The number of hydrogen-bond donors (Lipinski definition) is 0. The topological polar surface area (TPSA) is 96.7 Å².